The zero-order valence-corrected chi connectivity index (χ0v) is 10.5. The van der Waals surface area contributed by atoms with E-state index in [0.29, 0.717) is 11.5 Å². The number of alkyl halides is 3. The van der Waals surface area contributed by atoms with Crippen LogP contribution in [0.15, 0.2) is 28.8 Å². The lowest BCUT2D eigenvalue weighted by atomic mass is 10.1. The molecule has 4 nitrogen and oxygen atoms in total. The molecular formula is C13H10F3N3O. The van der Waals surface area contributed by atoms with Crippen molar-refractivity contribution in [1.82, 2.24) is 5.16 Å². The predicted molar refractivity (Wildman–Crippen MR) is 64.7 cm³/mol. The maximum atomic E-state index is 12.8. The van der Waals surface area contributed by atoms with Gasteiger partial charge in [-0.05, 0) is 25.1 Å². The molecule has 0 aliphatic rings. The molecule has 20 heavy (non-hydrogen) atoms. The molecule has 1 heterocycles. The van der Waals surface area contributed by atoms with Gasteiger partial charge in [0.15, 0.2) is 0 Å². The lowest BCUT2D eigenvalue weighted by Crippen LogP contribution is -2.09. The van der Waals surface area contributed by atoms with Crippen molar-refractivity contribution in [1.29, 1.82) is 5.26 Å². The van der Waals surface area contributed by atoms with E-state index in [2.05, 4.69) is 10.5 Å². The first-order chi connectivity index (χ1) is 9.40. The van der Waals surface area contributed by atoms with Gasteiger partial charge in [-0.25, -0.2) is 0 Å². The maximum Gasteiger partial charge on any atom is 0.417 e. The first-order valence-corrected chi connectivity index (χ1v) is 5.67. The van der Waals surface area contributed by atoms with Crippen molar-refractivity contribution in [2.24, 2.45) is 0 Å². The maximum absolute atomic E-state index is 12.8. The Hall–Kier alpha value is -2.49. The van der Waals surface area contributed by atoms with Gasteiger partial charge in [-0.3, -0.25) is 0 Å². The Labute approximate surface area is 112 Å². The van der Waals surface area contributed by atoms with Gasteiger partial charge in [-0.15, -0.1) is 0 Å². The number of aryl methyl sites for hydroxylation is 1. The van der Waals surface area contributed by atoms with Gasteiger partial charge < -0.3 is 9.84 Å². The number of halogens is 3. The van der Waals surface area contributed by atoms with Gasteiger partial charge in [0, 0.05) is 11.8 Å². The summed E-state index contributed by atoms with van der Waals surface area (Å²) in [6.45, 7) is 1.96. The summed E-state index contributed by atoms with van der Waals surface area (Å²) >= 11 is 0. The van der Waals surface area contributed by atoms with Gasteiger partial charge in [-0.1, -0.05) is 5.16 Å². The van der Waals surface area contributed by atoms with Gasteiger partial charge >= 0.3 is 6.18 Å². The van der Waals surface area contributed by atoms with Crippen LogP contribution < -0.4 is 5.32 Å². The van der Waals surface area contributed by atoms with Crippen LogP contribution in [0.25, 0.3) is 0 Å². The van der Waals surface area contributed by atoms with E-state index in [1.165, 1.54) is 12.1 Å². The van der Waals surface area contributed by atoms with Crippen molar-refractivity contribution < 1.29 is 17.7 Å². The lowest BCUT2D eigenvalue weighted by molar-refractivity contribution is -0.137. The quantitative estimate of drug-likeness (QED) is 0.935. The van der Waals surface area contributed by atoms with Crippen LogP contribution in [0.5, 0.6) is 0 Å². The van der Waals surface area contributed by atoms with E-state index in [-0.39, 0.29) is 12.2 Å². The second kappa shape index (κ2) is 5.25. The van der Waals surface area contributed by atoms with Crippen molar-refractivity contribution in [3.8, 4) is 6.07 Å². The van der Waals surface area contributed by atoms with Gasteiger partial charge in [0.05, 0.1) is 23.7 Å². The molecule has 0 amide bonds. The zero-order chi connectivity index (χ0) is 14.8. The molecule has 0 radical (unpaired) electrons. The number of hydrogen-bond donors (Lipinski definition) is 1. The van der Waals surface area contributed by atoms with Crippen LogP contribution in [-0.2, 0) is 12.7 Å². The molecule has 2 rings (SSSR count). The van der Waals surface area contributed by atoms with Gasteiger partial charge in [0.2, 0.25) is 0 Å². The van der Waals surface area contributed by atoms with E-state index < -0.39 is 17.3 Å². The minimum Gasteiger partial charge on any atom is -0.379 e. The molecule has 0 aliphatic heterocycles. The van der Waals surface area contributed by atoms with Crippen LogP contribution in [-0.4, -0.2) is 5.16 Å². The third-order valence-corrected chi connectivity index (χ3v) is 2.60. The molecule has 0 spiro atoms. The summed E-state index contributed by atoms with van der Waals surface area (Å²) in [5.41, 5.74) is -0.515. The number of nitrogens with one attached hydrogen (secondary N) is 1. The Balaban J connectivity index is 2.19. The highest BCUT2D eigenvalue weighted by molar-refractivity contribution is 5.53. The van der Waals surface area contributed by atoms with E-state index in [9.17, 15) is 13.2 Å². The number of nitrogens with zero attached hydrogens (tertiary/aromatic N) is 2. The summed E-state index contributed by atoms with van der Waals surface area (Å²) in [5, 5.41) is 15.2. The minimum atomic E-state index is -4.56. The Morgan fingerprint density at radius 2 is 2.10 bits per heavy atom. The summed E-state index contributed by atoms with van der Waals surface area (Å²) in [6, 6.07) is 6.68. The normalized spacial score (nSPS) is 11.2. The van der Waals surface area contributed by atoms with Gasteiger partial charge in [-0.2, -0.15) is 18.4 Å². The number of anilines is 1. The number of hydrogen-bond acceptors (Lipinski definition) is 4. The highest BCUT2D eigenvalue weighted by Gasteiger charge is 2.33. The van der Waals surface area contributed by atoms with Crippen molar-refractivity contribution in [2.75, 3.05) is 5.32 Å². The molecule has 1 aromatic carbocycles. The summed E-state index contributed by atoms with van der Waals surface area (Å²) in [7, 11) is 0. The molecule has 0 atom stereocenters. The molecule has 2 aromatic rings. The molecule has 0 saturated carbocycles. The fraction of sp³-hybridized carbons (Fsp3) is 0.231. The Morgan fingerprint density at radius 1 is 1.35 bits per heavy atom. The molecule has 1 aromatic heterocycles. The smallest absolute Gasteiger partial charge is 0.379 e. The molecule has 0 fully saturated rings. The standard InChI is InChI=1S/C13H10F3N3O/c1-8-4-11(19-20-8)7-18-10-3-2-9(6-17)12(5-10)13(14,15)16/h2-5,18H,7H2,1H3. The monoisotopic (exact) mass is 281 g/mol. The lowest BCUT2D eigenvalue weighted by Gasteiger charge is -2.11. The highest BCUT2D eigenvalue weighted by Crippen LogP contribution is 2.33. The molecule has 7 heteroatoms. The summed E-state index contributed by atoms with van der Waals surface area (Å²) in [6.07, 6.45) is -4.56. The molecule has 1 N–H and O–H groups in total. The van der Waals surface area contributed by atoms with Crippen molar-refractivity contribution in [2.45, 2.75) is 19.6 Å². The number of nitriles is 1. The zero-order valence-electron chi connectivity index (χ0n) is 10.5. The molecule has 104 valence electrons. The van der Waals surface area contributed by atoms with Crippen LogP contribution in [0, 0.1) is 18.3 Å². The van der Waals surface area contributed by atoms with Crippen LogP contribution in [0.2, 0.25) is 0 Å². The molecule has 0 bridgehead atoms. The number of rotatable bonds is 3. The number of aromatic nitrogens is 1. The molecule has 0 unspecified atom stereocenters. The molecular weight excluding hydrogens is 271 g/mol. The summed E-state index contributed by atoms with van der Waals surface area (Å²) < 4.78 is 43.2. The van der Waals surface area contributed by atoms with Gasteiger partial charge in [0.25, 0.3) is 0 Å². The Kier molecular flexibility index (Phi) is 3.66. The van der Waals surface area contributed by atoms with Crippen LogP contribution in [0.4, 0.5) is 18.9 Å². The van der Waals surface area contributed by atoms with Gasteiger partial charge in [0.1, 0.15) is 11.5 Å². The van der Waals surface area contributed by atoms with E-state index in [1.54, 1.807) is 13.0 Å². The predicted octanol–water partition coefficient (Wildman–Crippen LogP) is 3.49. The van der Waals surface area contributed by atoms with Crippen LogP contribution >= 0.6 is 0 Å². The molecule has 0 saturated heterocycles. The minimum absolute atomic E-state index is 0.237. The topological polar surface area (TPSA) is 61.9 Å². The fourth-order valence-corrected chi connectivity index (χ4v) is 1.68. The first-order valence-electron chi connectivity index (χ1n) is 5.67. The van der Waals surface area contributed by atoms with Crippen molar-refractivity contribution >= 4 is 5.69 Å². The average Bonchev–Trinajstić information content (AvgIpc) is 2.81. The largest absolute Gasteiger partial charge is 0.417 e. The third-order valence-electron chi connectivity index (χ3n) is 2.60. The van der Waals surface area contributed by atoms with E-state index in [4.69, 9.17) is 9.78 Å². The second-order valence-corrected chi connectivity index (χ2v) is 4.15. The van der Waals surface area contributed by atoms with Crippen molar-refractivity contribution in [3.05, 3.63) is 46.8 Å². The van der Waals surface area contributed by atoms with E-state index >= 15 is 0 Å². The van der Waals surface area contributed by atoms with E-state index in [1.807, 2.05) is 0 Å². The van der Waals surface area contributed by atoms with E-state index in [0.717, 1.165) is 12.1 Å². The Morgan fingerprint density at radius 3 is 2.65 bits per heavy atom. The van der Waals surface area contributed by atoms with Crippen LogP contribution in [0.3, 0.4) is 0 Å². The molecule has 0 aliphatic carbocycles. The summed E-state index contributed by atoms with van der Waals surface area (Å²) in [4.78, 5) is 0. The Bertz CT molecular complexity index is 656. The van der Waals surface area contributed by atoms with Crippen LogP contribution in [0.1, 0.15) is 22.6 Å². The fourth-order valence-electron chi connectivity index (χ4n) is 1.68. The summed E-state index contributed by atoms with van der Waals surface area (Å²) in [5.74, 6) is 0.623. The average molecular weight is 281 g/mol. The number of benzene rings is 1. The first kappa shape index (κ1) is 13.9. The highest BCUT2D eigenvalue weighted by atomic mass is 19.4. The third kappa shape index (κ3) is 3.09. The SMILES string of the molecule is Cc1cc(CNc2ccc(C#N)c(C(F)(F)F)c2)no1. The second-order valence-electron chi connectivity index (χ2n) is 4.15. The van der Waals surface area contributed by atoms with Crippen molar-refractivity contribution in [3.63, 3.8) is 0 Å².